The van der Waals surface area contributed by atoms with Gasteiger partial charge in [0, 0.05) is 32.9 Å². The molecule has 0 radical (unpaired) electrons. The molecule has 0 unspecified atom stereocenters. The van der Waals surface area contributed by atoms with E-state index >= 15 is 0 Å². The minimum absolute atomic E-state index is 0.301. The van der Waals surface area contributed by atoms with Gasteiger partial charge in [-0.2, -0.15) is 0 Å². The number of carbonyl (C=O) groups is 3. The van der Waals surface area contributed by atoms with Crippen molar-refractivity contribution in [3.63, 3.8) is 0 Å². The molecule has 0 amide bonds. The van der Waals surface area contributed by atoms with E-state index in [4.69, 9.17) is 29.7 Å². The van der Waals surface area contributed by atoms with Gasteiger partial charge >= 0.3 is 0 Å². The molecular weight excluding hydrogens is 276 g/mol. The average Bonchev–Trinajstić information content (AvgIpc) is 2.20. The van der Waals surface area contributed by atoms with Crippen LogP contribution < -0.4 is 11.1 Å². The number of hydrogen-bond donors (Lipinski definition) is 5. The average molecular weight is 292 g/mol. The quantitative estimate of drug-likeness (QED) is 0.418. The van der Waals surface area contributed by atoms with E-state index in [-0.39, 0.29) is 11.1 Å². The van der Waals surface area contributed by atoms with Gasteiger partial charge in [0.15, 0.2) is 0 Å². The van der Waals surface area contributed by atoms with Crippen molar-refractivity contribution in [1.29, 1.82) is 0 Å². The molecule has 0 aromatic carbocycles. The summed E-state index contributed by atoms with van der Waals surface area (Å²) in [5.41, 5.74) is -0.603. The number of carboxylic acids is 3. The number of rotatable bonds is 0. The van der Waals surface area contributed by atoms with Gasteiger partial charge in [0.25, 0.3) is 29.0 Å². The number of carboxylic acid groups (broad SMARTS) is 3. The lowest BCUT2D eigenvalue weighted by molar-refractivity contribution is -0.135. The lowest BCUT2D eigenvalue weighted by Crippen LogP contribution is -2.14. The minimum atomic E-state index is -0.833. The molecule has 0 bridgehead atoms. The first kappa shape index (κ1) is 22.3. The van der Waals surface area contributed by atoms with Crippen LogP contribution in [0.2, 0.25) is 0 Å². The van der Waals surface area contributed by atoms with Crippen LogP contribution in [0.15, 0.2) is 21.7 Å². The van der Waals surface area contributed by atoms with E-state index in [0.717, 1.165) is 20.8 Å². The number of aromatic amines is 2. The Bertz CT molecular complexity index is 423. The van der Waals surface area contributed by atoms with E-state index < -0.39 is 17.9 Å². The van der Waals surface area contributed by atoms with Crippen molar-refractivity contribution in [2.75, 3.05) is 0 Å². The molecule has 0 spiro atoms. The molecule has 20 heavy (non-hydrogen) atoms. The van der Waals surface area contributed by atoms with Crippen LogP contribution in [0.25, 0.3) is 0 Å². The fourth-order valence-corrected chi connectivity index (χ4v) is 0.358. The first-order valence-corrected chi connectivity index (χ1v) is 4.85. The molecule has 10 heteroatoms. The highest BCUT2D eigenvalue weighted by Crippen LogP contribution is 1.50. The molecule has 10 nitrogen and oxygen atoms in total. The van der Waals surface area contributed by atoms with Crippen LogP contribution >= 0.6 is 0 Å². The SMILES string of the molecule is CC(=O)O.CC(=O)O.CC(=O)O.O=c1ccc(=O)[nH][nH]1. The topological polar surface area (TPSA) is 178 Å². The monoisotopic (exact) mass is 292 g/mol. The second-order valence-electron chi connectivity index (χ2n) is 2.87. The van der Waals surface area contributed by atoms with Gasteiger partial charge in [-0.1, -0.05) is 0 Å². The van der Waals surface area contributed by atoms with Crippen molar-refractivity contribution in [2.24, 2.45) is 0 Å². The second kappa shape index (κ2) is 14.2. The molecule has 1 aromatic rings. The van der Waals surface area contributed by atoms with E-state index in [9.17, 15) is 9.59 Å². The van der Waals surface area contributed by atoms with Gasteiger partial charge in [-0.05, 0) is 0 Å². The van der Waals surface area contributed by atoms with Crippen LogP contribution in [0.5, 0.6) is 0 Å². The molecule has 0 aliphatic rings. The maximum absolute atomic E-state index is 10.2. The van der Waals surface area contributed by atoms with Crippen LogP contribution in [-0.2, 0) is 14.4 Å². The Morgan fingerprint density at radius 3 is 1.00 bits per heavy atom. The summed E-state index contributed by atoms with van der Waals surface area (Å²) >= 11 is 0. The summed E-state index contributed by atoms with van der Waals surface area (Å²) in [5.74, 6) is -2.50. The maximum atomic E-state index is 10.2. The summed E-state index contributed by atoms with van der Waals surface area (Å²) in [6.45, 7) is 3.25. The highest BCUT2D eigenvalue weighted by Gasteiger charge is 1.77. The van der Waals surface area contributed by atoms with Gasteiger partial charge in [-0.3, -0.25) is 34.2 Å². The zero-order valence-corrected chi connectivity index (χ0v) is 11.0. The molecule has 114 valence electrons. The molecule has 1 heterocycles. The van der Waals surface area contributed by atoms with Crippen molar-refractivity contribution in [3.8, 4) is 0 Å². The molecule has 1 rings (SSSR count). The fourth-order valence-electron chi connectivity index (χ4n) is 0.358. The zero-order valence-electron chi connectivity index (χ0n) is 11.0. The van der Waals surface area contributed by atoms with Gasteiger partial charge in [-0.25, -0.2) is 0 Å². The van der Waals surface area contributed by atoms with Crippen molar-refractivity contribution in [1.82, 2.24) is 10.2 Å². The van der Waals surface area contributed by atoms with E-state index in [1.54, 1.807) is 0 Å². The first-order chi connectivity index (χ1) is 8.98. The summed E-state index contributed by atoms with van der Waals surface area (Å²) in [7, 11) is 0. The lowest BCUT2D eigenvalue weighted by atomic mass is 10.6. The molecule has 0 aliphatic carbocycles. The highest BCUT2D eigenvalue weighted by molar-refractivity contribution is 5.63. The summed E-state index contributed by atoms with van der Waals surface area (Å²) in [5, 5.41) is 26.5. The molecule has 0 saturated heterocycles. The third-order valence-corrected chi connectivity index (χ3v) is 0.695. The predicted molar refractivity (Wildman–Crippen MR) is 67.6 cm³/mol. The third kappa shape index (κ3) is 59.6. The second-order valence-corrected chi connectivity index (χ2v) is 2.87. The molecule has 0 atom stereocenters. The van der Waals surface area contributed by atoms with Gasteiger partial charge in [0.05, 0.1) is 0 Å². The molecule has 0 aliphatic heterocycles. The zero-order chi connectivity index (χ0) is 16.7. The van der Waals surface area contributed by atoms with Gasteiger partial charge in [0.2, 0.25) is 0 Å². The first-order valence-electron chi connectivity index (χ1n) is 4.85. The van der Waals surface area contributed by atoms with Gasteiger partial charge < -0.3 is 15.3 Å². The molecule has 0 saturated carbocycles. The Balaban J connectivity index is -0.000000209. The molecular formula is C10H16N2O8. The number of hydrogen-bond acceptors (Lipinski definition) is 5. The number of aliphatic carboxylic acids is 3. The third-order valence-electron chi connectivity index (χ3n) is 0.695. The van der Waals surface area contributed by atoms with E-state index in [0.29, 0.717) is 0 Å². The number of nitrogens with one attached hydrogen (secondary N) is 2. The Labute approximate surface area is 112 Å². The Hall–Kier alpha value is -2.91. The Morgan fingerprint density at radius 2 is 0.900 bits per heavy atom. The van der Waals surface area contributed by atoms with Crippen molar-refractivity contribution in [2.45, 2.75) is 20.8 Å². The standard InChI is InChI=1S/C4H4N2O2.3C2H4O2/c7-3-1-2-4(8)6-5-3;3*1-2(3)4/h1-2H,(H,5,7)(H,6,8);3*1H3,(H,3,4). The molecule has 5 N–H and O–H groups in total. The molecule has 1 aromatic heterocycles. The Morgan fingerprint density at radius 1 is 0.750 bits per heavy atom. The lowest BCUT2D eigenvalue weighted by Gasteiger charge is -1.76. The fraction of sp³-hybridized carbons (Fsp3) is 0.300. The van der Waals surface area contributed by atoms with Crippen LogP contribution in [0, 0.1) is 0 Å². The van der Waals surface area contributed by atoms with Crippen LogP contribution in [0.4, 0.5) is 0 Å². The van der Waals surface area contributed by atoms with E-state index in [2.05, 4.69) is 10.2 Å². The summed E-state index contributed by atoms with van der Waals surface area (Å²) in [4.78, 5) is 47.4. The van der Waals surface area contributed by atoms with E-state index in [1.165, 1.54) is 12.1 Å². The van der Waals surface area contributed by atoms with Crippen molar-refractivity contribution in [3.05, 3.63) is 32.8 Å². The summed E-state index contributed by atoms with van der Waals surface area (Å²) in [6.07, 6.45) is 0. The summed E-state index contributed by atoms with van der Waals surface area (Å²) in [6, 6.07) is 2.33. The predicted octanol–water partition coefficient (Wildman–Crippen LogP) is -0.664. The number of H-pyrrole nitrogens is 2. The van der Waals surface area contributed by atoms with Crippen LogP contribution in [0.1, 0.15) is 20.8 Å². The Kier molecular flexibility index (Phi) is 15.8. The van der Waals surface area contributed by atoms with Crippen molar-refractivity contribution >= 4 is 17.9 Å². The van der Waals surface area contributed by atoms with Crippen LogP contribution in [-0.4, -0.2) is 43.4 Å². The van der Waals surface area contributed by atoms with Gasteiger partial charge in [0.1, 0.15) is 0 Å². The summed E-state index contributed by atoms with van der Waals surface area (Å²) < 4.78 is 0. The normalized spacial score (nSPS) is 7.35. The number of aromatic nitrogens is 2. The maximum Gasteiger partial charge on any atom is 0.300 e. The van der Waals surface area contributed by atoms with Crippen molar-refractivity contribution < 1.29 is 29.7 Å². The molecule has 0 fully saturated rings. The largest absolute Gasteiger partial charge is 0.481 e. The van der Waals surface area contributed by atoms with E-state index in [1.807, 2.05) is 0 Å². The minimum Gasteiger partial charge on any atom is -0.481 e. The smallest absolute Gasteiger partial charge is 0.300 e. The van der Waals surface area contributed by atoms with Gasteiger partial charge in [-0.15, -0.1) is 0 Å². The van der Waals surface area contributed by atoms with Crippen LogP contribution in [0.3, 0.4) is 0 Å². The highest BCUT2D eigenvalue weighted by atomic mass is 16.4.